The predicted octanol–water partition coefficient (Wildman–Crippen LogP) is 4.06. The second-order valence-electron chi connectivity index (χ2n) is 6.28. The first-order valence-electron chi connectivity index (χ1n) is 7.56. The number of Topliss-reactive ketones (excluding diaryl/α,β-unsaturated/α-hetero) is 2. The predicted molar refractivity (Wildman–Crippen MR) is 80.7 cm³/mol. The van der Waals surface area contributed by atoms with E-state index < -0.39 is 0 Å². The van der Waals surface area contributed by atoms with Crippen molar-refractivity contribution >= 4 is 11.6 Å². The number of aryl methyl sites for hydroxylation is 1. The molecule has 0 amide bonds. The standard InChI is InChI=1S/C18H24O2/c1-12-4-6-15(7-5-12)17-10-16(13(2)14(3)19)8-9-18(20)11-17/h4-7,13,16-17H,8-11H2,1-3H3. The highest BCUT2D eigenvalue weighted by molar-refractivity contribution is 5.80. The summed E-state index contributed by atoms with van der Waals surface area (Å²) < 4.78 is 0. The summed E-state index contributed by atoms with van der Waals surface area (Å²) in [6.07, 6.45) is 3.08. The van der Waals surface area contributed by atoms with Crippen LogP contribution >= 0.6 is 0 Å². The first-order valence-corrected chi connectivity index (χ1v) is 7.56. The van der Waals surface area contributed by atoms with Crippen LogP contribution in [0, 0.1) is 18.8 Å². The van der Waals surface area contributed by atoms with Crippen molar-refractivity contribution in [3.63, 3.8) is 0 Å². The van der Waals surface area contributed by atoms with E-state index in [2.05, 4.69) is 31.2 Å². The number of carbonyl (C=O) groups is 2. The van der Waals surface area contributed by atoms with Crippen molar-refractivity contribution < 1.29 is 9.59 Å². The van der Waals surface area contributed by atoms with Crippen LogP contribution in [0.2, 0.25) is 0 Å². The van der Waals surface area contributed by atoms with Crippen molar-refractivity contribution in [1.29, 1.82) is 0 Å². The summed E-state index contributed by atoms with van der Waals surface area (Å²) in [7, 11) is 0. The molecule has 3 atom stereocenters. The van der Waals surface area contributed by atoms with Crippen LogP contribution in [0.5, 0.6) is 0 Å². The van der Waals surface area contributed by atoms with Gasteiger partial charge in [-0.05, 0) is 44.1 Å². The average molecular weight is 272 g/mol. The van der Waals surface area contributed by atoms with E-state index in [1.165, 1.54) is 11.1 Å². The van der Waals surface area contributed by atoms with Gasteiger partial charge in [-0.1, -0.05) is 36.8 Å². The molecular weight excluding hydrogens is 248 g/mol. The Morgan fingerprint density at radius 3 is 2.50 bits per heavy atom. The summed E-state index contributed by atoms with van der Waals surface area (Å²) in [5.41, 5.74) is 2.48. The van der Waals surface area contributed by atoms with Crippen LogP contribution in [-0.2, 0) is 9.59 Å². The van der Waals surface area contributed by atoms with Gasteiger partial charge in [-0.2, -0.15) is 0 Å². The molecule has 20 heavy (non-hydrogen) atoms. The highest BCUT2D eigenvalue weighted by Gasteiger charge is 2.30. The minimum Gasteiger partial charge on any atom is -0.300 e. The highest BCUT2D eigenvalue weighted by atomic mass is 16.1. The number of carbonyl (C=O) groups excluding carboxylic acids is 2. The topological polar surface area (TPSA) is 34.1 Å². The Hall–Kier alpha value is -1.44. The van der Waals surface area contributed by atoms with Gasteiger partial charge in [-0.25, -0.2) is 0 Å². The van der Waals surface area contributed by atoms with Crippen molar-refractivity contribution in [2.24, 2.45) is 11.8 Å². The summed E-state index contributed by atoms with van der Waals surface area (Å²) in [4.78, 5) is 23.6. The van der Waals surface area contributed by atoms with Crippen LogP contribution in [0.1, 0.15) is 56.6 Å². The number of hydrogen-bond acceptors (Lipinski definition) is 2. The second kappa shape index (κ2) is 6.34. The molecule has 108 valence electrons. The molecule has 1 aromatic rings. The molecule has 0 N–H and O–H groups in total. The third kappa shape index (κ3) is 3.56. The summed E-state index contributed by atoms with van der Waals surface area (Å²) in [6, 6.07) is 8.48. The molecule has 0 heterocycles. The third-order valence-electron chi connectivity index (χ3n) is 4.75. The smallest absolute Gasteiger partial charge is 0.133 e. The first kappa shape index (κ1) is 15.0. The number of rotatable bonds is 3. The maximum absolute atomic E-state index is 12.0. The lowest BCUT2D eigenvalue weighted by Gasteiger charge is -2.24. The zero-order chi connectivity index (χ0) is 14.7. The Morgan fingerprint density at radius 2 is 1.90 bits per heavy atom. The molecule has 0 aliphatic heterocycles. The summed E-state index contributed by atoms with van der Waals surface area (Å²) >= 11 is 0. The lowest BCUT2D eigenvalue weighted by molar-refractivity contribution is -0.122. The molecule has 0 saturated heterocycles. The summed E-state index contributed by atoms with van der Waals surface area (Å²) in [5.74, 6) is 1.26. The van der Waals surface area contributed by atoms with E-state index >= 15 is 0 Å². The summed E-state index contributed by atoms with van der Waals surface area (Å²) in [5, 5.41) is 0. The lowest BCUT2D eigenvalue weighted by atomic mass is 9.80. The fourth-order valence-electron chi connectivity index (χ4n) is 3.17. The van der Waals surface area contributed by atoms with Gasteiger partial charge in [0.25, 0.3) is 0 Å². The minimum atomic E-state index is 0.0637. The van der Waals surface area contributed by atoms with Crippen LogP contribution in [0.15, 0.2) is 24.3 Å². The fraction of sp³-hybridized carbons (Fsp3) is 0.556. The largest absolute Gasteiger partial charge is 0.300 e. The van der Waals surface area contributed by atoms with Crippen molar-refractivity contribution in [2.45, 2.75) is 52.4 Å². The molecule has 0 radical (unpaired) electrons. The van der Waals surface area contributed by atoms with Gasteiger partial charge >= 0.3 is 0 Å². The lowest BCUT2D eigenvalue weighted by Crippen LogP contribution is -2.20. The molecule has 0 aromatic heterocycles. The van der Waals surface area contributed by atoms with Crippen LogP contribution in [-0.4, -0.2) is 11.6 Å². The van der Waals surface area contributed by atoms with Gasteiger partial charge in [0.1, 0.15) is 11.6 Å². The van der Waals surface area contributed by atoms with Gasteiger partial charge in [-0.15, -0.1) is 0 Å². The number of benzene rings is 1. The SMILES string of the molecule is CC(=O)C(C)C1CCC(=O)CC(c2ccc(C)cc2)C1. The van der Waals surface area contributed by atoms with E-state index in [0.717, 1.165) is 12.8 Å². The number of ketones is 2. The van der Waals surface area contributed by atoms with Gasteiger partial charge in [0.15, 0.2) is 0 Å². The van der Waals surface area contributed by atoms with E-state index in [1.807, 2.05) is 6.92 Å². The Labute approximate surface area is 121 Å². The van der Waals surface area contributed by atoms with Crippen molar-refractivity contribution in [3.05, 3.63) is 35.4 Å². The quantitative estimate of drug-likeness (QED) is 0.777. The maximum atomic E-state index is 12.0. The Kier molecular flexibility index (Phi) is 4.74. The van der Waals surface area contributed by atoms with Gasteiger partial charge < -0.3 is 0 Å². The molecule has 1 aromatic carbocycles. The normalized spacial score (nSPS) is 25.1. The molecule has 3 unspecified atom stereocenters. The molecule has 2 heteroatoms. The molecule has 1 fully saturated rings. The van der Waals surface area contributed by atoms with E-state index in [4.69, 9.17) is 0 Å². The summed E-state index contributed by atoms with van der Waals surface area (Å²) in [6.45, 7) is 5.75. The molecule has 1 saturated carbocycles. The number of hydrogen-bond donors (Lipinski definition) is 0. The van der Waals surface area contributed by atoms with Crippen molar-refractivity contribution in [3.8, 4) is 0 Å². The van der Waals surface area contributed by atoms with Gasteiger partial charge in [0.2, 0.25) is 0 Å². The molecule has 1 aliphatic rings. The van der Waals surface area contributed by atoms with Gasteiger partial charge in [0.05, 0.1) is 0 Å². The Bertz CT molecular complexity index is 487. The average Bonchev–Trinajstić information content (AvgIpc) is 2.60. The van der Waals surface area contributed by atoms with Crippen molar-refractivity contribution in [1.82, 2.24) is 0 Å². The molecule has 2 nitrogen and oxygen atoms in total. The maximum Gasteiger partial charge on any atom is 0.133 e. The molecule has 1 aliphatic carbocycles. The Morgan fingerprint density at radius 1 is 1.25 bits per heavy atom. The molecular formula is C18H24O2. The zero-order valence-corrected chi connectivity index (χ0v) is 12.7. The Balaban J connectivity index is 2.20. The third-order valence-corrected chi connectivity index (χ3v) is 4.75. The van der Waals surface area contributed by atoms with Crippen LogP contribution < -0.4 is 0 Å². The molecule has 2 rings (SSSR count). The van der Waals surface area contributed by atoms with Crippen LogP contribution in [0.4, 0.5) is 0 Å². The fourth-order valence-corrected chi connectivity index (χ4v) is 3.17. The van der Waals surface area contributed by atoms with E-state index in [1.54, 1.807) is 6.92 Å². The van der Waals surface area contributed by atoms with E-state index in [-0.39, 0.29) is 17.6 Å². The zero-order valence-electron chi connectivity index (χ0n) is 12.7. The molecule has 0 spiro atoms. The van der Waals surface area contributed by atoms with Crippen molar-refractivity contribution in [2.75, 3.05) is 0 Å². The second-order valence-corrected chi connectivity index (χ2v) is 6.28. The first-order chi connectivity index (χ1) is 9.47. The molecule has 0 bridgehead atoms. The van der Waals surface area contributed by atoms with E-state index in [0.29, 0.717) is 24.5 Å². The minimum absolute atomic E-state index is 0.0637. The monoisotopic (exact) mass is 272 g/mol. The highest BCUT2D eigenvalue weighted by Crippen LogP contribution is 2.37. The van der Waals surface area contributed by atoms with Gasteiger partial charge in [0, 0.05) is 18.8 Å². The van der Waals surface area contributed by atoms with E-state index in [9.17, 15) is 9.59 Å². The van der Waals surface area contributed by atoms with Crippen LogP contribution in [0.3, 0.4) is 0 Å². The van der Waals surface area contributed by atoms with Gasteiger partial charge in [-0.3, -0.25) is 9.59 Å². The van der Waals surface area contributed by atoms with Crippen LogP contribution in [0.25, 0.3) is 0 Å².